The molecule has 0 saturated heterocycles. The van der Waals surface area contributed by atoms with Crippen molar-refractivity contribution in [2.75, 3.05) is 6.61 Å². The van der Waals surface area contributed by atoms with Crippen molar-refractivity contribution in [2.45, 2.75) is 78.5 Å². The smallest absolute Gasteiger partial charge is 0.0716 e. The minimum Gasteiger partial charge on any atom is -0.377 e. The Bertz CT molecular complexity index is 364. The van der Waals surface area contributed by atoms with Gasteiger partial charge in [0.25, 0.3) is 0 Å². The maximum atomic E-state index is 5.74. The summed E-state index contributed by atoms with van der Waals surface area (Å²) in [6, 6.07) is 8.74. The number of rotatable bonds is 10. The highest BCUT2D eigenvalue weighted by molar-refractivity contribution is 5.22. The summed E-state index contributed by atoms with van der Waals surface area (Å²) in [5.74, 6) is 0. The third kappa shape index (κ3) is 9.65. The summed E-state index contributed by atoms with van der Waals surface area (Å²) in [4.78, 5) is 0. The van der Waals surface area contributed by atoms with Crippen molar-refractivity contribution < 1.29 is 4.74 Å². The van der Waals surface area contributed by atoms with E-state index in [1.165, 1.54) is 43.2 Å². The zero-order chi connectivity index (χ0) is 15.6. The van der Waals surface area contributed by atoms with E-state index in [9.17, 15) is 0 Å². The van der Waals surface area contributed by atoms with Gasteiger partial charge in [-0.1, -0.05) is 56.9 Å². The topological polar surface area (TPSA) is 21.3 Å². The summed E-state index contributed by atoms with van der Waals surface area (Å²) < 4.78 is 5.74. The van der Waals surface area contributed by atoms with Crippen molar-refractivity contribution in [3.8, 4) is 0 Å². The van der Waals surface area contributed by atoms with Crippen LogP contribution in [-0.2, 0) is 17.9 Å². The number of ether oxygens (including phenoxy) is 1. The Kier molecular flexibility index (Phi) is 8.63. The van der Waals surface area contributed by atoms with Gasteiger partial charge in [-0.2, -0.15) is 0 Å². The Hall–Kier alpha value is -0.860. The Labute approximate surface area is 131 Å². The van der Waals surface area contributed by atoms with Gasteiger partial charge in [0.05, 0.1) is 6.61 Å². The average Bonchev–Trinajstić information content (AvgIpc) is 2.44. The van der Waals surface area contributed by atoms with Crippen LogP contribution in [0, 0.1) is 0 Å². The largest absolute Gasteiger partial charge is 0.377 e. The average molecular weight is 291 g/mol. The molecule has 0 radical (unpaired) electrons. The number of nitrogens with one attached hydrogen (secondary N) is 1. The second-order valence-corrected chi connectivity index (χ2v) is 6.89. The molecule has 1 rings (SSSR count). The molecule has 2 nitrogen and oxygen atoms in total. The third-order valence-corrected chi connectivity index (χ3v) is 3.51. The van der Waals surface area contributed by atoms with E-state index in [0.717, 1.165) is 19.8 Å². The number of benzene rings is 1. The van der Waals surface area contributed by atoms with Crippen LogP contribution in [0.2, 0.25) is 0 Å². The van der Waals surface area contributed by atoms with Crippen molar-refractivity contribution in [3.63, 3.8) is 0 Å². The minimum absolute atomic E-state index is 0.166. The molecule has 0 aliphatic heterocycles. The van der Waals surface area contributed by atoms with Gasteiger partial charge in [0, 0.05) is 18.7 Å². The van der Waals surface area contributed by atoms with E-state index < -0.39 is 0 Å². The van der Waals surface area contributed by atoms with Crippen molar-refractivity contribution in [1.29, 1.82) is 0 Å². The summed E-state index contributed by atoms with van der Waals surface area (Å²) in [7, 11) is 0. The standard InChI is InChI=1S/C19H33NO/c1-5-6-7-8-9-14-21-16-18-12-10-17(11-13-18)15-20-19(2,3)4/h10-13,20H,5-9,14-16H2,1-4H3. The maximum Gasteiger partial charge on any atom is 0.0716 e. The van der Waals surface area contributed by atoms with Crippen LogP contribution in [0.3, 0.4) is 0 Å². The fraction of sp³-hybridized carbons (Fsp3) is 0.684. The van der Waals surface area contributed by atoms with Crippen molar-refractivity contribution >= 4 is 0 Å². The first-order valence-electron chi connectivity index (χ1n) is 8.42. The number of hydrogen-bond donors (Lipinski definition) is 1. The lowest BCUT2D eigenvalue weighted by Gasteiger charge is -2.20. The number of hydrogen-bond acceptors (Lipinski definition) is 2. The van der Waals surface area contributed by atoms with Crippen LogP contribution in [0.25, 0.3) is 0 Å². The first kappa shape index (κ1) is 18.2. The molecule has 0 heterocycles. The van der Waals surface area contributed by atoms with Crippen LogP contribution in [0.1, 0.15) is 70.9 Å². The first-order chi connectivity index (χ1) is 10.0. The highest BCUT2D eigenvalue weighted by Gasteiger charge is 2.07. The van der Waals surface area contributed by atoms with Gasteiger partial charge in [-0.25, -0.2) is 0 Å². The van der Waals surface area contributed by atoms with E-state index >= 15 is 0 Å². The summed E-state index contributed by atoms with van der Waals surface area (Å²) in [6.07, 6.45) is 6.48. The molecule has 21 heavy (non-hydrogen) atoms. The summed E-state index contributed by atoms with van der Waals surface area (Å²) in [5.41, 5.74) is 2.76. The number of unbranched alkanes of at least 4 members (excludes halogenated alkanes) is 4. The van der Waals surface area contributed by atoms with Crippen LogP contribution >= 0.6 is 0 Å². The third-order valence-electron chi connectivity index (χ3n) is 3.51. The van der Waals surface area contributed by atoms with Gasteiger partial charge in [0.2, 0.25) is 0 Å². The Morgan fingerprint density at radius 2 is 1.52 bits per heavy atom. The van der Waals surface area contributed by atoms with Gasteiger partial charge in [0.1, 0.15) is 0 Å². The Morgan fingerprint density at radius 3 is 2.14 bits per heavy atom. The molecule has 1 aromatic carbocycles. The van der Waals surface area contributed by atoms with Crippen molar-refractivity contribution in [1.82, 2.24) is 5.32 Å². The van der Waals surface area contributed by atoms with E-state index in [4.69, 9.17) is 4.74 Å². The highest BCUT2D eigenvalue weighted by Crippen LogP contribution is 2.09. The quantitative estimate of drug-likeness (QED) is 0.608. The van der Waals surface area contributed by atoms with Crippen molar-refractivity contribution in [2.24, 2.45) is 0 Å². The van der Waals surface area contributed by atoms with Gasteiger partial charge in [-0.05, 0) is 38.3 Å². The molecule has 0 saturated carbocycles. The lowest BCUT2D eigenvalue weighted by Crippen LogP contribution is -2.35. The zero-order valence-electron chi connectivity index (χ0n) is 14.4. The van der Waals surface area contributed by atoms with E-state index in [1.54, 1.807) is 0 Å². The summed E-state index contributed by atoms with van der Waals surface area (Å²) in [6.45, 7) is 11.4. The van der Waals surface area contributed by atoms with E-state index in [1.807, 2.05) is 0 Å². The molecule has 0 aromatic heterocycles. The zero-order valence-corrected chi connectivity index (χ0v) is 14.4. The monoisotopic (exact) mass is 291 g/mol. The van der Waals surface area contributed by atoms with Gasteiger partial charge < -0.3 is 10.1 Å². The van der Waals surface area contributed by atoms with Crippen LogP contribution in [-0.4, -0.2) is 12.1 Å². The molecule has 0 aliphatic carbocycles. The molecule has 0 unspecified atom stereocenters. The molecule has 0 fully saturated rings. The molecule has 0 spiro atoms. The molecular formula is C19H33NO. The highest BCUT2D eigenvalue weighted by atomic mass is 16.5. The van der Waals surface area contributed by atoms with E-state index in [0.29, 0.717) is 0 Å². The van der Waals surface area contributed by atoms with Crippen LogP contribution in [0.5, 0.6) is 0 Å². The van der Waals surface area contributed by atoms with Crippen LogP contribution in [0.4, 0.5) is 0 Å². The van der Waals surface area contributed by atoms with Crippen LogP contribution < -0.4 is 5.32 Å². The van der Waals surface area contributed by atoms with Gasteiger partial charge in [-0.15, -0.1) is 0 Å². The van der Waals surface area contributed by atoms with Crippen molar-refractivity contribution in [3.05, 3.63) is 35.4 Å². The Morgan fingerprint density at radius 1 is 0.905 bits per heavy atom. The lowest BCUT2D eigenvalue weighted by molar-refractivity contribution is 0.116. The summed E-state index contributed by atoms with van der Waals surface area (Å²) in [5, 5.41) is 3.50. The fourth-order valence-corrected chi connectivity index (χ4v) is 2.12. The molecule has 0 amide bonds. The normalized spacial score (nSPS) is 11.8. The molecule has 0 aliphatic rings. The predicted octanol–water partition coefficient (Wildman–Crippen LogP) is 5.06. The molecule has 1 aromatic rings. The molecule has 0 bridgehead atoms. The van der Waals surface area contributed by atoms with Gasteiger partial charge in [0.15, 0.2) is 0 Å². The summed E-state index contributed by atoms with van der Waals surface area (Å²) >= 11 is 0. The molecule has 1 N–H and O–H groups in total. The molecule has 2 heteroatoms. The lowest BCUT2D eigenvalue weighted by atomic mass is 10.1. The second kappa shape index (κ2) is 9.97. The first-order valence-corrected chi connectivity index (χ1v) is 8.42. The van der Waals surface area contributed by atoms with Gasteiger partial charge in [-0.3, -0.25) is 0 Å². The molecule has 120 valence electrons. The fourth-order valence-electron chi connectivity index (χ4n) is 2.12. The molecule has 0 atom stereocenters. The van der Waals surface area contributed by atoms with Gasteiger partial charge >= 0.3 is 0 Å². The maximum absolute atomic E-state index is 5.74. The Balaban J connectivity index is 2.16. The minimum atomic E-state index is 0.166. The van der Waals surface area contributed by atoms with E-state index in [-0.39, 0.29) is 5.54 Å². The predicted molar refractivity (Wildman–Crippen MR) is 91.4 cm³/mol. The second-order valence-electron chi connectivity index (χ2n) is 6.89. The molecular weight excluding hydrogens is 258 g/mol. The van der Waals surface area contributed by atoms with E-state index in [2.05, 4.69) is 57.3 Å². The SMILES string of the molecule is CCCCCCCOCc1ccc(CNC(C)(C)C)cc1. The van der Waals surface area contributed by atoms with Crippen LogP contribution in [0.15, 0.2) is 24.3 Å².